The predicted molar refractivity (Wildman–Crippen MR) is 154 cm³/mol. The molecule has 37 heavy (non-hydrogen) atoms. The van der Waals surface area contributed by atoms with Crippen LogP contribution in [0.5, 0.6) is 17.2 Å². The molecule has 7 nitrogen and oxygen atoms in total. The number of anilines is 1. The first kappa shape index (κ1) is 29.6. The summed E-state index contributed by atoms with van der Waals surface area (Å²) in [6.07, 6.45) is 5.22. The van der Waals surface area contributed by atoms with Crippen LogP contribution in [0.25, 0.3) is 12.2 Å². The number of nitro benzene ring substituents is 1. The minimum atomic E-state index is -0.411. The highest BCUT2D eigenvalue weighted by Crippen LogP contribution is 2.38. The van der Waals surface area contributed by atoms with Gasteiger partial charge in [0.15, 0.2) is 11.5 Å². The van der Waals surface area contributed by atoms with Gasteiger partial charge < -0.3 is 18.9 Å². The van der Waals surface area contributed by atoms with E-state index in [1.54, 1.807) is 33.5 Å². The summed E-state index contributed by atoms with van der Waals surface area (Å²) in [5.41, 5.74) is 3.44. The molecule has 0 spiro atoms. The highest BCUT2D eigenvalue weighted by molar-refractivity contribution is 8.00. The molecule has 3 aromatic carbocycles. The lowest BCUT2D eigenvalue weighted by Crippen LogP contribution is -2.00. The molecule has 0 aliphatic rings. The third-order valence-electron chi connectivity index (χ3n) is 5.44. The van der Waals surface area contributed by atoms with E-state index in [1.165, 1.54) is 30.5 Å². The van der Waals surface area contributed by atoms with E-state index in [0.717, 1.165) is 21.7 Å². The Bertz CT molecular complexity index is 1160. The Kier molecular flexibility index (Phi) is 11.3. The van der Waals surface area contributed by atoms with Gasteiger partial charge in [-0.1, -0.05) is 58.4 Å². The van der Waals surface area contributed by atoms with Crippen LogP contribution in [-0.4, -0.2) is 26.3 Å². The Morgan fingerprint density at radius 2 is 1.46 bits per heavy atom. The molecule has 1 N–H and O–H groups in total. The van der Waals surface area contributed by atoms with Crippen molar-refractivity contribution in [1.29, 1.82) is 0 Å². The summed E-state index contributed by atoms with van der Waals surface area (Å²) in [6.45, 7) is 8.94. The van der Waals surface area contributed by atoms with Gasteiger partial charge in [0.05, 0.1) is 26.3 Å². The summed E-state index contributed by atoms with van der Waals surface area (Å²) in [6, 6.07) is 18.1. The van der Waals surface area contributed by atoms with Crippen LogP contribution in [0.4, 0.5) is 11.4 Å². The molecule has 0 atom stereocenters. The minimum absolute atomic E-state index is 0.0725. The molecule has 8 heteroatoms. The Balaban J connectivity index is 0.000000717. The Hall–Kier alpha value is -3.65. The molecule has 0 heterocycles. The highest BCUT2D eigenvalue weighted by atomic mass is 32.2. The monoisotopic (exact) mass is 524 g/mol. The van der Waals surface area contributed by atoms with E-state index in [2.05, 4.69) is 32.4 Å². The molecule has 0 saturated carbocycles. The number of hydrogen-bond acceptors (Lipinski definition) is 7. The minimum Gasteiger partial charge on any atom is -0.493 e. The summed E-state index contributed by atoms with van der Waals surface area (Å²) >= 11 is 1.39. The maximum Gasteiger partial charge on any atom is 0.269 e. The number of nitrogens with one attached hydrogen (secondary N) is 1. The van der Waals surface area contributed by atoms with E-state index >= 15 is 0 Å². The lowest BCUT2D eigenvalue weighted by Gasteiger charge is -2.12. The van der Waals surface area contributed by atoms with Gasteiger partial charge in [0.1, 0.15) is 0 Å². The van der Waals surface area contributed by atoms with E-state index in [9.17, 15) is 10.1 Å². The van der Waals surface area contributed by atoms with Crippen LogP contribution in [0.3, 0.4) is 0 Å². The van der Waals surface area contributed by atoms with Crippen LogP contribution in [0.1, 0.15) is 45.2 Å². The number of benzene rings is 3. The lowest BCUT2D eigenvalue weighted by molar-refractivity contribution is -0.384. The van der Waals surface area contributed by atoms with E-state index < -0.39 is 4.92 Å². The van der Waals surface area contributed by atoms with Crippen LogP contribution in [0.15, 0.2) is 65.6 Å². The van der Waals surface area contributed by atoms with Crippen LogP contribution in [0.2, 0.25) is 0 Å². The second-order valence-corrected chi connectivity index (χ2v) is 10.2. The molecule has 0 amide bonds. The number of nitro groups is 1. The van der Waals surface area contributed by atoms with Gasteiger partial charge in [-0.2, -0.15) is 0 Å². The zero-order valence-electron chi connectivity index (χ0n) is 22.5. The van der Waals surface area contributed by atoms with Gasteiger partial charge in [-0.15, -0.1) is 0 Å². The summed E-state index contributed by atoms with van der Waals surface area (Å²) in [5.74, 6) is 1.74. The van der Waals surface area contributed by atoms with E-state index in [-0.39, 0.29) is 5.69 Å². The summed E-state index contributed by atoms with van der Waals surface area (Å²) < 4.78 is 19.4. The van der Waals surface area contributed by atoms with Crippen molar-refractivity contribution in [2.24, 2.45) is 5.41 Å². The highest BCUT2D eigenvalue weighted by Gasteiger charge is 2.12. The molecular formula is C29H36N2O5S. The van der Waals surface area contributed by atoms with Crippen molar-refractivity contribution in [2.45, 2.75) is 39.0 Å². The van der Waals surface area contributed by atoms with Gasteiger partial charge in [-0.05, 0) is 64.9 Å². The Morgan fingerprint density at radius 1 is 0.892 bits per heavy atom. The lowest BCUT2D eigenvalue weighted by atomic mass is 9.94. The van der Waals surface area contributed by atoms with E-state index in [4.69, 9.17) is 14.2 Å². The molecule has 0 aromatic heterocycles. The van der Waals surface area contributed by atoms with Crippen molar-refractivity contribution in [3.63, 3.8) is 0 Å². The van der Waals surface area contributed by atoms with Gasteiger partial charge in [-0.3, -0.25) is 10.1 Å². The summed E-state index contributed by atoms with van der Waals surface area (Å²) in [4.78, 5) is 11.2. The normalized spacial score (nSPS) is 10.9. The van der Waals surface area contributed by atoms with Crippen molar-refractivity contribution in [3.8, 4) is 17.2 Å². The van der Waals surface area contributed by atoms with Gasteiger partial charge in [0.2, 0.25) is 5.75 Å². The number of ether oxygens (including phenoxy) is 3. The molecule has 198 valence electrons. The standard InChI is InChI=1S/C23H22N2O5S.C6H14/c1-28-21-14-17(15-22(29-2)23(21)30-3)8-7-16-5-4-6-18(13-16)24-31-20-11-9-19(10-12-20)25(26)27;1-5-6(2,3)4/h4-15,24H,1-3H3;5H2,1-4H3/b8-7-;. The molecule has 0 saturated heterocycles. The molecule has 0 aliphatic heterocycles. The van der Waals surface area contributed by atoms with E-state index in [1.807, 2.05) is 48.6 Å². The molecule has 3 rings (SSSR count). The second-order valence-electron chi connectivity index (χ2n) is 9.29. The predicted octanol–water partition coefficient (Wildman–Crippen LogP) is 8.35. The molecule has 0 unspecified atom stereocenters. The van der Waals surface area contributed by atoms with Crippen LogP contribution < -0.4 is 18.9 Å². The SMILES string of the molecule is CCC(C)(C)C.COc1cc(/C=C\c2cccc(NSc3ccc([N+](=O)[O-])cc3)c2)cc(OC)c1OC. The van der Waals surface area contributed by atoms with Gasteiger partial charge in [-0.25, -0.2) is 0 Å². The topological polar surface area (TPSA) is 82.9 Å². The number of hydrogen-bond donors (Lipinski definition) is 1. The molecule has 0 fully saturated rings. The largest absolute Gasteiger partial charge is 0.493 e. The fourth-order valence-electron chi connectivity index (χ4n) is 2.85. The maximum absolute atomic E-state index is 10.8. The van der Waals surface area contributed by atoms with Crippen molar-refractivity contribution in [2.75, 3.05) is 26.1 Å². The molecule has 0 radical (unpaired) electrons. The van der Waals surface area contributed by atoms with Crippen LogP contribution in [-0.2, 0) is 0 Å². The van der Waals surface area contributed by atoms with Crippen molar-refractivity contribution >= 4 is 35.5 Å². The average Bonchev–Trinajstić information content (AvgIpc) is 2.90. The Morgan fingerprint density at radius 3 is 1.95 bits per heavy atom. The summed E-state index contributed by atoms with van der Waals surface area (Å²) in [5, 5.41) is 10.8. The maximum atomic E-state index is 10.8. The first-order valence-electron chi connectivity index (χ1n) is 11.9. The van der Waals surface area contributed by atoms with Gasteiger partial charge in [0.25, 0.3) is 5.69 Å². The number of non-ortho nitro benzene ring substituents is 1. The number of nitrogens with zero attached hydrogens (tertiary/aromatic N) is 1. The molecule has 3 aromatic rings. The van der Waals surface area contributed by atoms with Crippen molar-refractivity contribution < 1.29 is 19.1 Å². The van der Waals surface area contributed by atoms with Gasteiger partial charge >= 0.3 is 0 Å². The van der Waals surface area contributed by atoms with Gasteiger partial charge in [0, 0.05) is 22.7 Å². The zero-order chi connectivity index (χ0) is 27.4. The molecule has 0 aliphatic carbocycles. The molecule has 0 bridgehead atoms. The third-order valence-corrected chi connectivity index (χ3v) is 6.28. The fraction of sp³-hybridized carbons (Fsp3) is 0.310. The first-order valence-corrected chi connectivity index (χ1v) is 12.7. The van der Waals surface area contributed by atoms with E-state index in [0.29, 0.717) is 22.7 Å². The van der Waals surface area contributed by atoms with Crippen LogP contribution >= 0.6 is 11.9 Å². The average molecular weight is 525 g/mol. The summed E-state index contributed by atoms with van der Waals surface area (Å²) in [7, 11) is 4.74. The quantitative estimate of drug-likeness (QED) is 0.130. The second kappa shape index (κ2) is 14.2. The van der Waals surface area contributed by atoms with Crippen molar-refractivity contribution in [1.82, 2.24) is 0 Å². The van der Waals surface area contributed by atoms with Crippen molar-refractivity contribution in [3.05, 3.63) is 81.9 Å². The third kappa shape index (κ3) is 9.73. The number of methoxy groups -OCH3 is 3. The Labute approximate surface area is 224 Å². The molecular weight excluding hydrogens is 488 g/mol. The number of rotatable bonds is 9. The first-order chi connectivity index (χ1) is 17.6. The zero-order valence-corrected chi connectivity index (χ0v) is 23.3. The van der Waals surface area contributed by atoms with Crippen LogP contribution in [0, 0.1) is 15.5 Å². The smallest absolute Gasteiger partial charge is 0.269 e. The fourth-order valence-corrected chi connectivity index (χ4v) is 3.48.